The van der Waals surface area contributed by atoms with Gasteiger partial charge in [-0.2, -0.15) is 0 Å². The summed E-state index contributed by atoms with van der Waals surface area (Å²) in [7, 11) is 0. The van der Waals surface area contributed by atoms with E-state index in [1.165, 1.54) is 0 Å². The molecule has 0 bridgehead atoms. The van der Waals surface area contributed by atoms with Gasteiger partial charge in [0.1, 0.15) is 0 Å². The molecule has 0 radical (unpaired) electrons. The lowest BCUT2D eigenvalue weighted by Crippen LogP contribution is -2.40. The Morgan fingerprint density at radius 3 is 2.58 bits per heavy atom. The molecule has 0 aromatic carbocycles. The van der Waals surface area contributed by atoms with E-state index < -0.39 is 0 Å². The van der Waals surface area contributed by atoms with Crippen LogP contribution in [0.15, 0.2) is 16.7 Å². The Morgan fingerprint density at radius 1 is 1.47 bits per heavy atom. The van der Waals surface area contributed by atoms with Crippen LogP contribution in [0.3, 0.4) is 0 Å². The van der Waals surface area contributed by atoms with Crippen molar-refractivity contribution in [2.24, 2.45) is 11.8 Å². The Kier molecular flexibility index (Phi) is 5.75. The minimum absolute atomic E-state index is 0.0644. The number of nitrogens with zero attached hydrogens (tertiary/aromatic N) is 2. The number of halogens is 1. The van der Waals surface area contributed by atoms with Crippen LogP contribution in [0.4, 0.5) is 5.82 Å². The quantitative estimate of drug-likeness (QED) is 0.643. The summed E-state index contributed by atoms with van der Waals surface area (Å²) in [5.74, 6) is 6.15. The fourth-order valence-corrected chi connectivity index (χ4v) is 2.12. The zero-order valence-corrected chi connectivity index (χ0v) is 13.4. The van der Waals surface area contributed by atoms with Crippen LogP contribution in [0.1, 0.15) is 38.1 Å². The van der Waals surface area contributed by atoms with E-state index >= 15 is 0 Å². The fraction of sp³-hybridized carbons (Fsp3) is 0.538. The Bertz CT molecular complexity index is 448. The lowest BCUT2D eigenvalue weighted by molar-refractivity contribution is 0.0682. The number of pyridine rings is 1. The lowest BCUT2D eigenvalue weighted by Gasteiger charge is -2.29. The Hall–Kier alpha value is -1.14. The van der Waals surface area contributed by atoms with Crippen LogP contribution < -0.4 is 11.3 Å². The van der Waals surface area contributed by atoms with Crippen LogP contribution in [-0.2, 0) is 0 Å². The maximum atomic E-state index is 12.6. The molecule has 0 fully saturated rings. The van der Waals surface area contributed by atoms with Crippen molar-refractivity contribution in [3.63, 3.8) is 0 Å². The first-order chi connectivity index (χ1) is 8.86. The number of carbonyl (C=O) groups is 1. The lowest BCUT2D eigenvalue weighted by atomic mass is 10.1. The molecule has 0 saturated heterocycles. The van der Waals surface area contributed by atoms with Gasteiger partial charge >= 0.3 is 0 Å². The van der Waals surface area contributed by atoms with E-state index in [-0.39, 0.29) is 11.9 Å². The van der Waals surface area contributed by atoms with Crippen molar-refractivity contribution in [3.8, 4) is 0 Å². The molecule has 1 amide bonds. The number of nitrogens with two attached hydrogens (primary N) is 1. The number of rotatable bonds is 5. The Balaban J connectivity index is 3.12. The largest absolute Gasteiger partial charge is 0.336 e. The molecule has 1 aromatic heterocycles. The highest BCUT2D eigenvalue weighted by Gasteiger charge is 2.23. The van der Waals surface area contributed by atoms with Gasteiger partial charge in [-0.3, -0.25) is 4.79 Å². The average molecular weight is 329 g/mol. The van der Waals surface area contributed by atoms with Gasteiger partial charge in [-0.25, -0.2) is 10.8 Å². The number of carbonyl (C=O) groups excluding carboxylic acids is 1. The topological polar surface area (TPSA) is 71.2 Å². The smallest absolute Gasteiger partial charge is 0.257 e. The predicted molar refractivity (Wildman–Crippen MR) is 80.8 cm³/mol. The van der Waals surface area contributed by atoms with Gasteiger partial charge in [-0.05, 0) is 41.8 Å². The molecule has 19 heavy (non-hydrogen) atoms. The van der Waals surface area contributed by atoms with Crippen LogP contribution in [0.5, 0.6) is 0 Å². The highest BCUT2D eigenvalue weighted by atomic mass is 79.9. The van der Waals surface area contributed by atoms with Gasteiger partial charge < -0.3 is 10.3 Å². The number of amides is 1. The zero-order chi connectivity index (χ0) is 14.6. The van der Waals surface area contributed by atoms with Crippen LogP contribution in [0.25, 0.3) is 0 Å². The molecule has 5 nitrogen and oxygen atoms in total. The number of aromatic nitrogens is 1. The van der Waals surface area contributed by atoms with Crippen LogP contribution in [0.2, 0.25) is 0 Å². The van der Waals surface area contributed by atoms with Crippen LogP contribution >= 0.6 is 15.9 Å². The number of nitrogen functional groups attached to an aromatic ring is 1. The Morgan fingerprint density at radius 2 is 2.11 bits per heavy atom. The first-order valence-corrected chi connectivity index (χ1v) is 7.09. The highest BCUT2D eigenvalue weighted by molar-refractivity contribution is 9.10. The molecule has 1 heterocycles. The molecule has 0 aliphatic rings. The highest BCUT2D eigenvalue weighted by Crippen LogP contribution is 2.20. The minimum atomic E-state index is -0.0644. The Labute approximate surface area is 122 Å². The van der Waals surface area contributed by atoms with Gasteiger partial charge in [-0.1, -0.05) is 13.8 Å². The molecule has 0 aliphatic heterocycles. The monoisotopic (exact) mass is 328 g/mol. The van der Waals surface area contributed by atoms with Crippen LogP contribution in [0, 0.1) is 5.92 Å². The van der Waals surface area contributed by atoms with E-state index in [0.29, 0.717) is 23.8 Å². The molecule has 0 unspecified atom stereocenters. The molecule has 3 N–H and O–H groups in total. The second kappa shape index (κ2) is 6.86. The number of anilines is 1. The van der Waals surface area contributed by atoms with Crippen molar-refractivity contribution in [3.05, 3.63) is 22.3 Å². The number of hydrazine groups is 1. The molecule has 0 spiro atoms. The maximum Gasteiger partial charge on any atom is 0.257 e. The van der Waals surface area contributed by atoms with Crippen molar-refractivity contribution in [1.82, 2.24) is 9.88 Å². The summed E-state index contributed by atoms with van der Waals surface area (Å²) < 4.78 is 0.753. The number of hydrogen-bond donors (Lipinski definition) is 2. The zero-order valence-electron chi connectivity index (χ0n) is 11.8. The van der Waals surface area contributed by atoms with Gasteiger partial charge in [0.2, 0.25) is 0 Å². The van der Waals surface area contributed by atoms with Crippen molar-refractivity contribution in [2.45, 2.75) is 33.7 Å². The summed E-state index contributed by atoms with van der Waals surface area (Å²) in [5, 5.41) is 0. The first kappa shape index (κ1) is 15.9. The fourth-order valence-electron chi connectivity index (χ4n) is 1.79. The van der Waals surface area contributed by atoms with Gasteiger partial charge in [0, 0.05) is 23.3 Å². The van der Waals surface area contributed by atoms with E-state index in [1.54, 1.807) is 12.3 Å². The third-order valence-corrected chi connectivity index (χ3v) is 3.10. The SMILES string of the molecule is CC(C)CN(C(=O)c1cc(Br)cnc1NN)C(C)C. The molecular formula is C13H21BrN4O. The van der Waals surface area contributed by atoms with E-state index in [1.807, 2.05) is 18.7 Å². The van der Waals surface area contributed by atoms with Gasteiger partial charge in [0.25, 0.3) is 5.91 Å². The molecule has 0 saturated carbocycles. The third-order valence-electron chi connectivity index (χ3n) is 2.67. The summed E-state index contributed by atoms with van der Waals surface area (Å²) in [6, 6.07) is 1.86. The summed E-state index contributed by atoms with van der Waals surface area (Å²) in [6.45, 7) is 8.88. The average Bonchev–Trinajstić information content (AvgIpc) is 2.34. The number of nitrogens with one attached hydrogen (secondary N) is 1. The van der Waals surface area contributed by atoms with Crippen LogP contribution in [-0.4, -0.2) is 28.4 Å². The van der Waals surface area contributed by atoms with E-state index in [0.717, 1.165) is 4.47 Å². The summed E-state index contributed by atoms with van der Waals surface area (Å²) in [4.78, 5) is 18.6. The molecular weight excluding hydrogens is 308 g/mol. The molecule has 106 valence electrons. The summed E-state index contributed by atoms with van der Waals surface area (Å²) in [5.41, 5.74) is 2.95. The maximum absolute atomic E-state index is 12.6. The number of hydrogen-bond acceptors (Lipinski definition) is 4. The second-order valence-corrected chi connectivity index (χ2v) is 6.05. The molecule has 0 atom stereocenters. The van der Waals surface area contributed by atoms with Gasteiger partial charge in [0.15, 0.2) is 5.82 Å². The first-order valence-electron chi connectivity index (χ1n) is 6.30. The molecule has 6 heteroatoms. The summed E-state index contributed by atoms with van der Waals surface area (Å²) >= 11 is 3.33. The van der Waals surface area contributed by atoms with Crippen molar-refractivity contribution < 1.29 is 4.79 Å². The standard InChI is InChI=1S/C13H21BrN4O/c1-8(2)7-18(9(3)4)13(19)11-5-10(14)6-16-12(11)17-15/h5-6,8-9H,7,15H2,1-4H3,(H,16,17). The van der Waals surface area contributed by atoms with Crippen molar-refractivity contribution >= 4 is 27.7 Å². The predicted octanol–water partition coefficient (Wildman–Crippen LogP) is 2.64. The third kappa shape index (κ3) is 4.18. The van der Waals surface area contributed by atoms with E-state index in [9.17, 15) is 4.79 Å². The van der Waals surface area contributed by atoms with E-state index in [4.69, 9.17) is 5.84 Å². The normalized spacial score (nSPS) is 10.9. The second-order valence-electron chi connectivity index (χ2n) is 5.14. The molecule has 0 aliphatic carbocycles. The molecule has 1 aromatic rings. The van der Waals surface area contributed by atoms with Crippen molar-refractivity contribution in [1.29, 1.82) is 0 Å². The van der Waals surface area contributed by atoms with Gasteiger partial charge in [-0.15, -0.1) is 0 Å². The minimum Gasteiger partial charge on any atom is -0.336 e. The molecule has 1 rings (SSSR count). The van der Waals surface area contributed by atoms with Crippen molar-refractivity contribution in [2.75, 3.05) is 12.0 Å². The van der Waals surface area contributed by atoms with Gasteiger partial charge in [0.05, 0.1) is 5.56 Å². The van der Waals surface area contributed by atoms with E-state index in [2.05, 4.69) is 40.2 Å². The summed E-state index contributed by atoms with van der Waals surface area (Å²) in [6.07, 6.45) is 1.61.